The highest BCUT2D eigenvalue weighted by molar-refractivity contribution is 7.92. The molecule has 9 nitrogen and oxygen atoms in total. The van der Waals surface area contributed by atoms with Gasteiger partial charge in [-0.25, -0.2) is 8.42 Å². The monoisotopic (exact) mass is 525 g/mol. The van der Waals surface area contributed by atoms with Crippen molar-refractivity contribution in [3.8, 4) is 5.75 Å². The van der Waals surface area contributed by atoms with Gasteiger partial charge in [-0.1, -0.05) is 35.9 Å². The van der Waals surface area contributed by atoms with Gasteiger partial charge in [0.1, 0.15) is 12.3 Å². The average molecular weight is 526 g/mol. The molecule has 2 amide bonds. The molecule has 0 aliphatic carbocycles. The Hall–Kier alpha value is -3.89. The third-order valence-corrected chi connectivity index (χ3v) is 7.28. The molecular formula is C27H31N3O6S. The maximum Gasteiger partial charge on any atom is 0.264 e. The van der Waals surface area contributed by atoms with Crippen LogP contribution in [-0.2, 0) is 19.6 Å². The van der Waals surface area contributed by atoms with E-state index >= 15 is 0 Å². The topological polar surface area (TPSA) is 114 Å². The van der Waals surface area contributed by atoms with Crippen LogP contribution in [0.5, 0.6) is 5.75 Å². The Bertz CT molecular complexity index is 1330. The summed E-state index contributed by atoms with van der Waals surface area (Å²) in [5.41, 5.74) is 1.71. The van der Waals surface area contributed by atoms with Crippen LogP contribution in [0.25, 0.3) is 0 Å². The number of ether oxygens (including phenoxy) is 2. The van der Waals surface area contributed by atoms with Gasteiger partial charge in [0.15, 0.2) is 0 Å². The number of benzene rings is 3. The van der Waals surface area contributed by atoms with E-state index in [4.69, 9.17) is 9.47 Å². The molecule has 0 saturated carbocycles. The highest BCUT2D eigenvalue weighted by atomic mass is 32.2. The molecule has 0 spiro atoms. The zero-order chi connectivity index (χ0) is 26.8. The minimum Gasteiger partial charge on any atom is -0.497 e. The minimum atomic E-state index is -4.10. The standard InChI is InChI=1S/C27H31N3O6S/c1-20-12-14-23(15-13-20)37(33,34)30(21-8-6-9-22(18-21)36-3)19-26(31)29-25-11-5-4-10-24(25)27(32)28-16-7-17-35-2/h4-6,8-15,18H,7,16-17,19H2,1-3H3,(H,28,32)(H,29,31). The molecule has 0 fully saturated rings. The van der Waals surface area contributed by atoms with Crippen LogP contribution in [0.2, 0.25) is 0 Å². The Labute approximate surface area is 217 Å². The molecule has 0 radical (unpaired) electrons. The number of nitrogens with zero attached hydrogens (tertiary/aromatic N) is 1. The third kappa shape index (κ3) is 7.31. The van der Waals surface area contributed by atoms with Crippen LogP contribution in [0.1, 0.15) is 22.3 Å². The van der Waals surface area contributed by atoms with E-state index in [0.29, 0.717) is 25.3 Å². The molecule has 0 aromatic heterocycles. The molecular weight excluding hydrogens is 494 g/mol. The van der Waals surface area contributed by atoms with Crippen molar-refractivity contribution in [2.45, 2.75) is 18.2 Å². The summed E-state index contributed by atoms with van der Waals surface area (Å²) >= 11 is 0. The second kappa shape index (κ2) is 12.9. The number of aryl methyl sites for hydroxylation is 1. The molecule has 0 aliphatic heterocycles. The summed E-state index contributed by atoms with van der Waals surface area (Å²) in [6.45, 7) is 2.25. The SMILES string of the molecule is COCCCNC(=O)c1ccccc1NC(=O)CN(c1cccc(OC)c1)S(=O)(=O)c1ccc(C)cc1. The minimum absolute atomic E-state index is 0.0459. The van der Waals surface area contributed by atoms with Crippen molar-refractivity contribution in [1.29, 1.82) is 0 Å². The number of amides is 2. The summed E-state index contributed by atoms with van der Waals surface area (Å²) in [7, 11) is -1.04. The van der Waals surface area contributed by atoms with Crippen molar-refractivity contribution < 1.29 is 27.5 Å². The second-order valence-corrected chi connectivity index (χ2v) is 10.1. The summed E-state index contributed by atoms with van der Waals surface area (Å²) in [5, 5.41) is 5.48. The summed E-state index contributed by atoms with van der Waals surface area (Å²) in [4.78, 5) is 25.9. The number of sulfonamides is 1. The zero-order valence-electron chi connectivity index (χ0n) is 21.1. The van der Waals surface area contributed by atoms with Crippen molar-refractivity contribution in [2.75, 3.05) is 43.5 Å². The number of rotatable bonds is 12. The molecule has 196 valence electrons. The van der Waals surface area contributed by atoms with E-state index in [1.165, 1.54) is 19.2 Å². The summed E-state index contributed by atoms with van der Waals surface area (Å²) < 4.78 is 38.5. The number of hydrogen-bond acceptors (Lipinski definition) is 6. The molecule has 0 aliphatic rings. The first-order valence-electron chi connectivity index (χ1n) is 11.7. The molecule has 0 bridgehead atoms. The Morgan fingerprint density at radius 3 is 2.38 bits per heavy atom. The molecule has 3 aromatic carbocycles. The molecule has 0 heterocycles. The van der Waals surface area contributed by atoms with Gasteiger partial charge in [-0.2, -0.15) is 0 Å². The lowest BCUT2D eigenvalue weighted by Crippen LogP contribution is -2.38. The maximum absolute atomic E-state index is 13.6. The van der Waals surface area contributed by atoms with Crippen molar-refractivity contribution in [3.63, 3.8) is 0 Å². The summed E-state index contributed by atoms with van der Waals surface area (Å²) in [5.74, 6) is -0.528. The molecule has 10 heteroatoms. The number of carbonyl (C=O) groups excluding carboxylic acids is 2. The van der Waals surface area contributed by atoms with Crippen molar-refractivity contribution in [2.24, 2.45) is 0 Å². The van der Waals surface area contributed by atoms with Crippen molar-refractivity contribution in [3.05, 3.63) is 83.9 Å². The van der Waals surface area contributed by atoms with Gasteiger partial charge >= 0.3 is 0 Å². The normalized spacial score (nSPS) is 11.0. The van der Waals surface area contributed by atoms with E-state index < -0.39 is 22.5 Å². The predicted molar refractivity (Wildman–Crippen MR) is 143 cm³/mol. The predicted octanol–water partition coefficient (Wildman–Crippen LogP) is 3.60. The Morgan fingerprint density at radius 1 is 0.946 bits per heavy atom. The van der Waals surface area contributed by atoms with E-state index in [1.54, 1.807) is 67.8 Å². The Morgan fingerprint density at radius 2 is 1.68 bits per heavy atom. The first-order valence-corrected chi connectivity index (χ1v) is 13.1. The largest absolute Gasteiger partial charge is 0.497 e. The van der Waals surface area contributed by atoms with E-state index in [2.05, 4.69) is 10.6 Å². The second-order valence-electron chi connectivity index (χ2n) is 8.22. The van der Waals surface area contributed by atoms with Crippen LogP contribution >= 0.6 is 0 Å². The lowest BCUT2D eigenvalue weighted by Gasteiger charge is -2.24. The molecule has 0 unspecified atom stereocenters. The van der Waals surface area contributed by atoms with Gasteiger partial charge < -0.3 is 20.1 Å². The lowest BCUT2D eigenvalue weighted by molar-refractivity contribution is -0.114. The van der Waals surface area contributed by atoms with Crippen LogP contribution in [0.15, 0.2) is 77.7 Å². The summed E-state index contributed by atoms with van der Waals surface area (Å²) in [6, 6.07) is 19.4. The third-order valence-electron chi connectivity index (χ3n) is 5.49. The van der Waals surface area contributed by atoms with Gasteiger partial charge in [0.25, 0.3) is 15.9 Å². The molecule has 2 N–H and O–H groups in total. The number of nitrogens with one attached hydrogen (secondary N) is 2. The van der Waals surface area contributed by atoms with Crippen LogP contribution in [-0.4, -0.2) is 54.1 Å². The van der Waals surface area contributed by atoms with E-state index in [0.717, 1.165) is 9.87 Å². The number of anilines is 2. The molecule has 3 aromatic rings. The highest BCUT2D eigenvalue weighted by Crippen LogP contribution is 2.27. The summed E-state index contributed by atoms with van der Waals surface area (Å²) in [6.07, 6.45) is 0.642. The fourth-order valence-electron chi connectivity index (χ4n) is 3.54. The number of hydrogen-bond donors (Lipinski definition) is 2. The zero-order valence-corrected chi connectivity index (χ0v) is 21.9. The van der Waals surface area contributed by atoms with Gasteiger partial charge in [0, 0.05) is 26.3 Å². The Kier molecular flexibility index (Phi) is 9.64. The van der Waals surface area contributed by atoms with Gasteiger partial charge in [-0.15, -0.1) is 0 Å². The van der Waals surface area contributed by atoms with Gasteiger partial charge in [0.2, 0.25) is 5.91 Å². The van der Waals surface area contributed by atoms with Gasteiger partial charge in [0.05, 0.1) is 28.9 Å². The fraction of sp³-hybridized carbons (Fsp3) is 0.259. The first kappa shape index (κ1) is 27.7. The van der Waals surface area contributed by atoms with E-state index in [9.17, 15) is 18.0 Å². The van der Waals surface area contributed by atoms with Gasteiger partial charge in [-0.05, 0) is 49.7 Å². The molecule has 0 saturated heterocycles. The first-order chi connectivity index (χ1) is 17.8. The van der Waals surface area contributed by atoms with E-state index in [1.807, 2.05) is 6.92 Å². The van der Waals surface area contributed by atoms with Crippen molar-refractivity contribution in [1.82, 2.24) is 5.32 Å². The van der Waals surface area contributed by atoms with E-state index in [-0.39, 0.29) is 27.7 Å². The number of para-hydroxylation sites is 1. The highest BCUT2D eigenvalue weighted by Gasteiger charge is 2.28. The fourth-order valence-corrected chi connectivity index (χ4v) is 4.95. The smallest absolute Gasteiger partial charge is 0.264 e. The van der Waals surface area contributed by atoms with Crippen LogP contribution in [0.3, 0.4) is 0 Å². The number of carbonyl (C=O) groups is 2. The van der Waals surface area contributed by atoms with Crippen LogP contribution in [0.4, 0.5) is 11.4 Å². The maximum atomic E-state index is 13.6. The molecule has 0 atom stereocenters. The quantitative estimate of drug-likeness (QED) is 0.349. The van der Waals surface area contributed by atoms with Gasteiger partial charge in [-0.3, -0.25) is 13.9 Å². The average Bonchev–Trinajstić information content (AvgIpc) is 2.90. The lowest BCUT2D eigenvalue weighted by atomic mass is 10.1. The molecule has 3 rings (SSSR count). The number of methoxy groups -OCH3 is 2. The Balaban J connectivity index is 1.87. The van der Waals surface area contributed by atoms with Crippen LogP contribution < -0.4 is 19.7 Å². The molecule has 37 heavy (non-hydrogen) atoms. The van der Waals surface area contributed by atoms with Crippen molar-refractivity contribution >= 4 is 33.2 Å². The van der Waals surface area contributed by atoms with Crippen LogP contribution in [0, 0.1) is 6.92 Å².